The van der Waals surface area contributed by atoms with Crippen LogP contribution in [0.5, 0.6) is 0 Å². The fraction of sp³-hybridized carbons (Fsp3) is 0.0556. The number of nitrogens with zero attached hydrogens (tertiary/aromatic N) is 1. The molecule has 0 heterocycles. The number of halogens is 1. The van der Waals surface area contributed by atoms with Crippen molar-refractivity contribution in [2.75, 3.05) is 6.54 Å². The molecule has 10 heteroatoms. The summed E-state index contributed by atoms with van der Waals surface area (Å²) in [6.45, 7) is -0.768. The third-order valence-electron chi connectivity index (χ3n) is 3.40. The topological polar surface area (TPSA) is 141 Å². The summed E-state index contributed by atoms with van der Waals surface area (Å²) in [4.78, 5) is 45.7. The van der Waals surface area contributed by atoms with Crippen molar-refractivity contribution in [2.24, 2.45) is 0 Å². The Balaban J connectivity index is 2.36. The van der Waals surface area contributed by atoms with Gasteiger partial charge >= 0.3 is 0 Å². The van der Waals surface area contributed by atoms with Crippen molar-refractivity contribution < 1.29 is 24.4 Å². The lowest BCUT2D eigenvalue weighted by atomic mass is 10.1. The Morgan fingerprint density at radius 1 is 1.11 bits per heavy atom. The van der Waals surface area contributed by atoms with Gasteiger partial charge < -0.3 is 20.5 Å². The molecule has 0 fully saturated rings. The predicted molar refractivity (Wildman–Crippen MR) is 101 cm³/mol. The molecule has 0 radical (unpaired) electrons. The molecule has 0 unspecified atom stereocenters. The van der Waals surface area contributed by atoms with Crippen molar-refractivity contribution in [3.63, 3.8) is 0 Å². The van der Waals surface area contributed by atoms with E-state index in [1.807, 2.05) is 0 Å². The number of rotatable bonds is 7. The summed E-state index contributed by atoms with van der Waals surface area (Å²) in [6, 6.07) is 11.9. The molecule has 0 aliphatic rings. The van der Waals surface area contributed by atoms with Gasteiger partial charge in [0, 0.05) is 16.6 Å². The van der Waals surface area contributed by atoms with Crippen molar-refractivity contribution in [3.05, 3.63) is 79.9 Å². The first-order chi connectivity index (χ1) is 13.3. The van der Waals surface area contributed by atoms with Crippen LogP contribution in [-0.2, 0) is 9.59 Å². The zero-order valence-electron chi connectivity index (χ0n) is 14.2. The summed E-state index contributed by atoms with van der Waals surface area (Å²) >= 11 is 3.22. The first-order valence-electron chi connectivity index (χ1n) is 7.78. The van der Waals surface area contributed by atoms with Crippen LogP contribution in [0.15, 0.2) is 58.7 Å². The number of nitro groups is 1. The van der Waals surface area contributed by atoms with Gasteiger partial charge in [0.05, 0.1) is 23.0 Å². The van der Waals surface area contributed by atoms with Gasteiger partial charge in [0.15, 0.2) is 0 Å². The number of nitrogens with one attached hydrogen (secondary N) is 2. The Labute approximate surface area is 167 Å². The number of nitro benzene ring substituents is 1. The fourth-order valence-corrected chi connectivity index (χ4v) is 2.60. The third-order valence-corrected chi connectivity index (χ3v) is 4.09. The van der Waals surface area contributed by atoms with Crippen molar-refractivity contribution >= 4 is 45.5 Å². The minimum absolute atomic E-state index is 0.208. The maximum atomic E-state index is 12.5. The Morgan fingerprint density at radius 3 is 2.46 bits per heavy atom. The molecule has 0 saturated carbocycles. The lowest BCUT2D eigenvalue weighted by Gasteiger charge is -2.12. The molecule has 0 bridgehead atoms. The summed E-state index contributed by atoms with van der Waals surface area (Å²) in [5, 5.41) is 26.0. The van der Waals surface area contributed by atoms with Gasteiger partial charge in [-0.05, 0) is 39.7 Å². The lowest BCUT2D eigenvalue weighted by molar-refractivity contribution is -0.384. The maximum Gasteiger partial charge on any atom is 0.270 e. The lowest BCUT2D eigenvalue weighted by Crippen LogP contribution is -2.41. The summed E-state index contributed by atoms with van der Waals surface area (Å²) < 4.78 is 0.484. The fourth-order valence-electron chi connectivity index (χ4n) is 2.14. The summed E-state index contributed by atoms with van der Waals surface area (Å²) in [6.07, 6.45) is 1.20. The van der Waals surface area contributed by atoms with Gasteiger partial charge in [-0.1, -0.05) is 24.3 Å². The highest BCUT2D eigenvalue weighted by Gasteiger charge is 2.16. The number of carboxylic acids is 1. The van der Waals surface area contributed by atoms with Crippen LogP contribution >= 0.6 is 15.9 Å². The smallest absolute Gasteiger partial charge is 0.270 e. The SMILES string of the molecule is O=C([O-])CNC(=O)/C(=C\c1cccc([N+](=O)[O-])c1)NC(=O)c1ccccc1Br. The van der Waals surface area contributed by atoms with Gasteiger partial charge in [0.25, 0.3) is 17.5 Å². The highest BCUT2D eigenvalue weighted by molar-refractivity contribution is 9.10. The second-order valence-corrected chi connectivity index (χ2v) is 6.25. The van der Waals surface area contributed by atoms with Crippen LogP contribution in [0, 0.1) is 10.1 Å². The molecular weight excluding hydrogens is 434 g/mol. The molecule has 2 N–H and O–H groups in total. The molecule has 0 aromatic heterocycles. The highest BCUT2D eigenvalue weighted by Crippen LogP contribution is 2.18. The second kappa shape index (κ2) is 9.42. The van der Waals surface area contributed by atoms with E-state index < -0.39 is 29.3 Å². The number of hydrogen-bond donors (Lipinski definition) is 2. The van der Waals surface area contributed by atoms with Crippen molar-refractivity contribution in [1.29, 1.82) is 0 Å². The Kier molecular flexibility index (Phi) is 6.99. The number of hydrogen-bond acceptors (Lipinski definition) is 6. The first kappa shape index (κ1) is 20.8. The van der Waals surface area contributed by atoms with Gasteiger partial charge in [-0.3, -0.25) is 19.7 Å². The third kappa shape index (κ3) is 5.74. The van der Waals surface area contributed by atoms with Crippen molar-refractivity contribution in [1.82, 2.24) is 10.6 Å². The number of carbonyl (C=O) groups excluding carboxylic acids is 3. The Morgan fingerprint density at radius 2 is 1.82 bits per heavy atom. The molecule has 2 aromatic rings. The zero-order chi connectivity index (χ0) is 20.7. The number of carbonyl (C=O) groups is 3. The van der Waals surface area contributed by atoms with Crippen LogP contribution in [0.2, 0.25) is 0 Å². The number of aliphatic carboxylic acids is 1. The monoisotopic (exact) mass is 446 g/mol. The maximum absolute atomic E-state index is 12.5. The van der Waals surface area contributed by atoms with E-state index in [2.05, 4.69) is 26.6 Å². The zero-order valence-corrected chi connectivity index (χ0v) is 15.8. The van der Waals surface area contributed by atoms with E-state index in [0.29, 0.717) is 4.47 Å². The van der Waals surface area contributed by atoms with Crippen LogP contribution in [0.4, 0.5) is 5.69 Å². The highest BCUT2D eigenvalue weighted by atomic mass is 79.9. The minimum atomic E-state index is -1.51. The second-order valence-electron chi connectivity index (χ2n) is 5.40. The van der Waals surface area contributed by atoms with Crippen LogP contribution < -0.4 is 15.7 Å². The van der Waals surface area contributed by atoms with Gasteiger partial charge in [0.2, 0.25) is 0 Å². The minimum Gasteiger partial charge on any atom is -0.548 e. The number of benzene rings is 2. The van der Waals surface area contributed by atoms with E-state index in [0.717, 1.165) is 0 Å². The van der Waals surface area contributed by atoms with Crippen LogP contribution in [0.3, 0.4) is 0 Å². The van der Waals surface area contributed by atoms with Gasteiger partial charge in [-0.25, -0.2) is 0 Å². The molecule has 144 valence electrons. The first-order valence-corrected chi connectivity index (χ1v) is 8.57. The van der Waals surface area contributed by atoms with Gasteiger partial charge in [-0.15, -0.1) is 0 Å². The molecule has 2 amide bonds. The van der Waals surface area contributed by atoms with E-state index in [4.69, 9.17) is 0 Å². The predicted octanol–water partition coefficient (Wildman–Crippen LogP) is 0.994. The van der Waals surface area contributed by atoms with Gasteiger partial charge in [0.1, 0.15) is 5.70 Å². The van der Waals surface area contributed by atoms with Gasteiger partial charge in [-0.2, -0.15) is 0 Å². The van der Waals surface area contributed by atoms with Crippen LogP contribution in [0.25, 0.3) is 6.08 Å². The molecule has 0 aliphatic carbocycles. The number of non-ortho nitro benzene ring substituents is 1. The molecule has 28 heavy (non-hydrogen) atoms. The molecular formula is C18H13BrN3O6-. The molecule has 0 atom stereocenters. The average Bonchev–Trinajstić information content (AvgIpc) is 2.66. The van der Waals surface area contributed by atoms with Crippen LogP contribution in [0.1, 0.15) is 15.9 Å². The van der Waals surface area contributed by atoms with E-state index in [-0.39, 0.29) is 22.5 Å². The van der Waals surface area contributed by atoms with Crippen molar-refractivity contribution in [2.45, 2.75) is 0 Å². The van der Waals surface area contributed by atoms with E-state index in [1.165, 1.54) is 36.4 Å². The molecule has 9 nitrogen and oxygen atoms in total. The summed E-state index contributed by atoms with van der Waals surface area (Å²) in [7, 11) is 0. The molecule has 0 saturated heterocycles. The quantitative estimate of drug-likeness (QED) is 0.369. The molecule has 2 rings (SSSR count). The Bertz CT molecular complexity index is 973. The summed E-state index contributed by atoms with van der Waals surface area (Å²) in [5.41, 5.74) is 0.00301. The normalized spacial score (nSPS) is 10.8. The molecule has 0 aliphatic heterocycles. The summed E-state index contributed by atoms with van der Waals surface area (Å²) in [5.74, 6) is -3.04. The standard InChI is InChI=1S/C18H14BrN3O6/c19-14-7-2-1-6-13(14)17(25)21-15(18(26)20-10-16(23)24)9-11-4-3-5-12(8-11)22(27)28/h1-9H,10H2,(H,20,26)(H,21,25)(H,23,24)/p-1/b15-9+. The van der Waals surface area contributed by atoms with E-state index >= 15 is 0 Å². The van der Waals surface area contributed by atoms with E-state index in [9.17, 15) is 29.6 Å². The van der Waals surface area contributed by atoms with Crippen molar-refractivity contribution in [3.8, 4) is 0 Å². The van der Waals surface area contributed by atoms with E-state index in [1.54, 1.807) is 18.2 Å². The van der Waals surface area contributed by atoms with Crippen LogP contribution in [-0.4, -0.2) is 29.3 Å². The average molecular weight is 447 g/mol. The molecule has 0 spiro atoms. The molecule has 2 aromatic carbocycles. The largest absolute Gasteiger partial charge is 0.548 e. The Hall–Kier alpha value is -3.53. The number of amides is 2. The number of carboxylic acid groups (broad SMARTS) is 1.